The van der Waals surface area contributed by atoms with Crippen LogP contribution in [0.3, 0.4) is 0 Å². The Hall–Kier alpha value is -2.20. The average molecular weight is 408 g/mol. The SMILES string of the molecule is [BH3-]c1c(F)c(F)c(F)c(F)c1F.[BH3-]c1cc(C(F)(F)F)cc(C(F)(F)F)c1. The van der Waals surface area contributed by atoms with E-state index in [0.717, 1.165) is 12.1 Å². The van der Waals surface area contributed by atoms with Crippen molar-refractivity contribution < 1.29 is 48.3 Å². The van der Waals surface area contributed by atoms with Gasteiger partial charge in [-0.1, -0.05) is 12.1 Å². The summed E-state index contributed by atoms with van der Waals surface area (Å²) in [5.74, 6) is -9.13. The van der Waals surface area contributed by atoms with E-state index in [-0.39, 0.29) is 11.5 Å². The molecule has 0 aliphatic carbocycles. The standard InChI is InChI=1S/C8H6BF6.C6H3BF5/c9-6-2-4(7(10,11)12)1-5(3-6)8(13,14)15;7-1-2(8)4(10)6(12)5(11)3(1)9/h1-3H,9H3;7H3/q2*-1. The van der Waals surface area contributed by atoms with Gasteiger partial charge in [-0.25, -0.2) is 27.4 Å². The molecule has 0 saturated carbocycles. The molecule has 0 radical (unpaired) electrons. The van der Waals surface area contributed by atoms with E-state index in [9.17, 15) is 48.3 Å². The van der Waals surface area contributed by atoms with E-state index in [1.807, 2.05) is 0 Å². The van der Waals surface area contributed by atoms with Crippen molar-refractivity contribution in [3.63, 3.8) is 0 Å². The van der Waals surface area contributed by atoms with Crippen molar-refractivity contribution in [1.82, 2.24) is 0 Å². The zero-order valence-electron chi connectivity index (χ0n) is 11.4. The summed E-state index contributed by atoms with van der Waals surface area (Å²) < 4.78 is 135. The molecule has 0 heterocycles. The molecule has 27 heavy (non-hydrogen) atoms. The molecule has 0 aliphatic heterocycles. The van der Waals surface area contributed by atoms with Gasteiger partial charge in [-0.05, 0) is 21.8 Å². The summed E-state index contributed by atoms with van der Waals surface area (Å²) in [7, 11) is -1.75. The maximum atomic E-state index is 12.5. The minimum absolute atomic E-state index is 0.144. The lowest BCUT2D eigenvalue weighted by molar-refractivity contribution is -0.142. The summed E-state index contributed by atoms with van der Waals surface area (Å²) in [5.41, 5.74) is -2.88. The molecule has 0 saturated heterocycles. The summed E-state index contributed by atoms with van der Waals surface area (Å²) in [6.45, 7) is 0. The molecular weight excluding hydrogens is 399 g/mol. The highest BCUT2D eigenvalue weighted by Gasteiger charge is 2.35. The van der Waals surface area contributed by atoms with Crippen LogP contribution in [0, 0.1) is 29.1 Å². The van der Waals surface area contributed by atoms with Crippen LogP contribution in [0.5, 0.6) is 0 Å². The third-order valence-corrected chi connectivity index (χ3v) is 2.43. The Morgan fingerprint density at radius 1 is 0.519 bits per heavy atom. The molecule has 0 aromatic heterocycles. The van der Waals surface area contributed by atoms with Crippen LogP contribution in [0.15, 0.2) is 18.2 Å². The van der Waals surface area contributed by atoms with E-state index in [2.05, 4.69) is 0 Å². The van der Waals surface area contributed by atoms with Gasteiger partial charge in [-0.15, -0.1) is 5.46 Å². The molecule has 0 unspecified atom stereocenters. The molecule has 2 aromatic carbocycles. The average Bonchev–Trinajstić information content (AvgIpc) is 2.55. The molecule has 13 heteroatoms. The molecule has 150 valence electrons. The Morgan fingerprint density at radius 2 is 0.815 bits per heavy atom. The number of hydrogen-bond donors (Lipinski definition) is 0. The highest BCUT2D eigenvalue weighted by molar-refractivity contribution is 6.32. The van der Waals surface area contributed by atoms with Crippen molar-refractivity contribution >= 4 is 26.6 Å². The second kappa shape index (κ2) is 7.81. The third-order valence-electron chi connectivity index (χ3n) is 2.43. The molecular formula is C14H9B2F11-2. The Kier molecular flexibility index (Phi) is 6.61. The van der Waals surface area contributed by atoms with Gasteiger partial charge in [-0.3, -0.25) is 0 Å². The molecule has 0 N–H and O–H groups in total. The monoisotopic (exact) mass is 408 g/mol. The molecule has 2 rings (SSSR count). The van der Waals surface area contributed by atoms with Gasteiger partial charge in [0.2, 0.25) is 0 Å². The van der Waals surface area contributed by atoms with Crippen molar-refractivity contribution in [3.8, 4) is 0 Å². The molecule has 2 aromatic rings. The quantitative estimate of drug-likeness (QED) is 0.271. The Bertz CT molecular complexity index is 703. The predicted molar refractivity (Wildman–Crippen MR) is 81.8 cm³/mol. The summed E-state index contributed by atoms with van der Waals surface area (Å²) in [6, 6.07) is 1.72. The highest BCUT2D eigenvalue weighted by atomic mass is 19.4. The maximum absolute atomic E-state index is 12.5. The first-order valence-electron chi connectivity index (χ1n) is 5.81. The first kappa shape index (κ1) is 22.8. The van der Waals surface area contributed by atoms with E-state index >= 15 is 0 Å². The first-order chi connectivity index (χ1) is 12.1. The second-order valence-corrected chi connectivity index (χ2v) is 4.20. The van der Waals surface area contributed by atoms with Crippen molar-refractivity contribution in [2.75, 3.05) is 0 Å². The minimum Gasteiger partial charge on any atom is -0.220 e. The zero-order chi connectivity index (χ0) is 21.3. The molecule has 0 fully saturated rings. The normalized spacial score (nSPS) is 11.9. The predicted octanol–water partition coefficient (Wildman–Crippen LogP) is 2.09. The van der Waals surface area contributed by atoms with Crippen LogP contribution in [-0.2, 0) is 12.4 Å². The van der Waals surface area contributed by atoms with Crippen LogP contribution in [0.2, 0.25) is 0 Å². The van der Waals surface area contributed by atoms with Crippen LogP contribution in [0.4, 0.5) is 48.3 Å². The lowest BCUT2D eigenvalue weighted by Crippen LogP contribution is -2.20. The van der Waals surface area contributed by atoms with Crippen molar-refractivity contribution in [2.24, 2.45) is 0 Å². The maximum Gasteiger partial charge on any atom is 0.416 e. The summed E-state index contributed by atoms with van der Waals surface area (Å²) in [6.07, 6.45) is -9.44. The fourth-order valence-corrected chi connectivity index (χ4v) is 1.29. The number of alkyl halides is 6. The third kappa shape index (κ3) is 5.39. The number of benzene rings is 2. The minimum atomic E-state index is -4.72. The van der Waals surface area contributed by atoms with Gasteiger partial charge >= 0.3 is 12.4 Å². The fraction of sp³-hybridized carbons (Fsp3) is 0.143. The second-order valence-electron chi connectivity index (χ2n) is 4.20. The topological polar surface area (TPSA) is 0 Å². The lowest BCUT2D eigenvalue weighted by Gasteiger charge is -2.14. The van der Waals surface area contributed by atoms with Gasteiger partial charge in [-0.2, -0.15) is 26.3 Å². The van der Waals surface area contributed by atoms with Crippen molar-refractivity contribution in [2.45, 2.75) is 12.4 Å². The smallest absolute Gasteiger partial charge is 0.220 e. The number of rotatable bonds is 0. The Balaban J connectivity index is 0.000000277. The van der Waals surface area contributed by atoms with Gasteiger partial charge in [0, 0.05) is 0 Å². The zero-order valence-corrected chi connectivity index (χ0v) is 11.4. The summed E-state index contributed by atoms with van der Waals surface area (Å²) in [4.78, 5) is 0. The Labute approximate surface area is 146 Å². The van der Waals surface area contributed by atoms with Crippen LogP contribution >= 0.6 is 0 Å². The van der Waals surface area contributed by atoms with Gasteiger partial charge in [0.25, 0.3) is 0 Å². The van der Waals surface area contributed by atoms with Crippen LogP contribution < -0.4 is 10.9 Å². The first-order valence-corrected chi connectivity index (χ1v) is 5.81. The van der Waals surface area contributed by atoms with Gasteiger partial charge < -0.3 is 0 Å². The molecule has 0 atom stereocenters. The fourth-order valence-electron chi connectivity index (χ4n) is 1.29. The van der Waals surface area contributed by atoms with Crippen LogP contribution in [0.1, 0.15) is 11.1 Å². The summed E-state index contributed by atoms with van der Waals surface area (Å²) >= 11 is 0. The summed E-state index contributed by atoms with van der Waals surface area (Å²) in [5, 5.41) is 0. The van der Waals surface area contributed by atoms with E-state index in [1.54, 1.807) is 0 Å². The van der Waals surface area contributed by atoms with Crippen LogP contribution in [-0.4, -0.2) is 15.7 Å². The van der Waals surface area contributed by atoms with E-state index in [0.29, 0.717) is 0 Å². The van der Waals surface area contributed by atoms with Crippen LogP contribution in [0.25, 0.3) is 0 Å². The van der Waals surface area contributed by atoms with E-state index < -0.39 is 73.7 Å². The largest absolute Gasteiger partial charge is 0.416 e. The molecule has 0 bridgehead atoms. The Morgan fingerprint density at radius 3 is 1.11 bits per heavy atom. The van der Waals surface area contributed by atoms with Crippen molar-refractivity contribution in [3.05, 3.63) is 58.4 Å². The molecule has 0 aliphatic rings. The van der Waals surface area contributed by atoms with E-state index in [1.165, 1.54) is 0 Å². The highest BCUT2D eigenvalue weighted by Crippen LogP contribution is 2.34. The van der Waals surface area contributed by atoms with E-state index in [4.69, 9.17) is 0 Å². The van der Waals surface area contributed by atoms with Gasteiger partial charge in [0.1, 0.15) is 11.6 Å². The number of hydrogen-bond acceptors (Lipinski definition) is 0. The molecule has 0 spiro atoms. The molecule has 0 amide bonds. The van der Waals surface area contributed by atoms with Gasteiger partial charge in [0.15, 0.2) is 17.5 Å². The van der Waals surface area contributed by atoms with Gasteiger partial charge in [0.05, 0.1) is 11.1 Å². The number of halogens is 11. The molecule has 0 nitrogen and oxygen atoms in total. The lowest BCUT2D eigenvalue weighted by atomic mass is 9.91. The van der Waals surface area contributed by atoms with Crippen molar-refractivity contribution in [1.29, 1.82) is 0 Å².